The van der Waals surface area contributed by atoms with E-state index < -0.39 is 10.1 Å². The molecular weight excluding hydrogens is 254 g/mol. The average Bonchev–Trinajstić information content (AvgIpc) is 2.77. The van der Waals surface area contributed by atoms with Crippen LogP contribution in [0.3, 0.4) is 0 Å². The molecule has 0 aromatic heterocycles. The summed E-state index contributed by atoms with van der Waals surface area (Å²) in [5.41, 5.74) is 0.988. The van der Waals surface area contributed by atoms with Crippen LogP contribution in [0, 0.1) is 0 Å². The van der Waals surface area contributed by atoms with Crippen LogP contribution in [0.4, 0.5) is 0 Å². The molecule has 6 heteroatoms. The Labute approximate surface area is 106 Å². The van der Waals surface area contributed by atoms with Gasteiger partial charge >= 0.3 is 5.90 Å². The Morgan fingerprint density at radius 2 is 2.00 bits per heavy atom. The number of rotatable bonds is 5. The average molecular weight is 270 g/mol. The maximum absolute atomic E-state index is 10.7. The highest BCUT2D eigenvalue weighted by Crippen LogP contribution is 2.07. The molecule has 1 heterocycles. The van der Waals surface area contributed by atoms with E-state index in [9.17, 15) is 8.42 Å². The molecule has 5 nitrogen and oxygen atoms in total. The lowest BCUT2D eigenvalue weighted by atomic mass is 10.2. The van der Waals surface area contributed by atoms with E-state index in [1.54, 1.807) is 0 Å². The summed E-state index contributed by atoms with van der Waals surface area (Å²) in [5.74, 6) is 0.567. The molecule has 98 valence electrons. The van der Waals surface area contributed by atoms with Crippen molar-refractivity contribution in [1.29, 1.82) is 0 Å². The standard InChI is InChI=1S/C12H15NO4S/c14-18(15,16)10-4-7-13-8-9-17-12(13)11-5-2-1-3-6-11/h1-3,5-6H,4,7-10H2/p+1. The van der Waals surface area contributed by atoms with E-state index in [0.29, 0.717) is 19.6 Å². The summed E-state index contributed by atoms with van der Waals surface area (Å²) in [7, 11) is -3.87. The molecule has 1 aromatic carbocycles. The number of ether oxygens (including phenoxy) is 1. The van der Waals surface area contributed by atoms with Crippen molar-refractivity contribution in [2.24, 2.45) is 0 Å². The lowest BCUT2D eigenvalue weighted by Crippen LogP contribution is -2.20. The minimum absolute atomic E-state index is 0.217. The van der Waals surface area contributed by atoms with Crippen molar-refractivity contribution in [2.45, 2.75) is 6.42 Å². The molecule has 1 N–H and O–H groups in total. The fraction of sp³-hybridized carbons (Fsp3) is 0.417. The van der Waals surface area contributed by atoms with Gasteiger partial charge in [-0.2, -0.15) is 13.0 Å². The largest absolute Gasteiger partial charge is 0.438 e. The first-order valence-electron chi connectivity index (χ1n) is 5.81. The molecule has 1 aromatic rings. The second kappa shape index (κ2) is 5.49. The number of benzene rings is 1. The first-order chi connectivity index (χ1) is 8.56. The van der Waals surface area contributed by atoms with Crippen LogP contribution in [0.25, 0.3) is 0 Å². The topological polar surface area (TPSA) is 66.6 Å². The molecule has 0 atom stereocenters. The third-order valence-electron chi connectivity index (χ3n) is 2.74. The van der Waals surface area contributed by atoms with Crippen LogP contribution >= 0.6 is 0 Å². The van der Waals surface area contributed by atoms with Crippen LogP contribution in [-0.4, -0.2) is 48.9 Å². The van der Waals surface area contributed by atoms with E-state index in [1.165, 1.54) is 0 Å². The monoisotopic (exact) mass is 270 g/mol. The van der Waals surface area contributed by atoms with Crippen LogP contribution in [-0.2, 0) is 14.9 Å². The lowest BCUT2D eigenvalue weighted by Gasteiger charge is -2.00. The van der Waals surface area contributed by atoms with Crippen LogP contribution in [0.2, 0.25) is 0 Å². The van der Waals surface area contributed by atoms with Crippen molar-refractivity contribution < 1.29 is 22.3 Å². The highest BCUT2D eigenvalue weighted by Gasteiger charge is 2.25. The quantitative estimate of drug-likeness (QED) is 0.633. The molecular formula is C12H16NO4S+. The van der Waals surface area contributed by atoms with Gasteiger partial charge in [-0.15, -0.1) is 0 Å². The van der Waals surface area contributed by atoms with E-state index in [2.05, 4.69) is 0 Å². The summed E-state index contributed by atoms with van der Waals surface area (Å²) >= 11 is 0. The molecule has 0 spiro atoms. The fourth-order valence-electron chi connectivity index (χ4n) is 1.94. The Bertz CT molecular complexity index is 536. The zero-order valence-electron chi connectivity index (χ0n) is 9.95. The van der Waals surface area contributed by atoms with Gasteiger partial charge < -0.3 is 4.74 Å². The molecule has 0 saturated carbocycles. The Hall–Kier alpha value is -1.40. The molecule has 0 unspecified atom stereocenters. The molecule has 1 aliphatic heterocycles. The summed E-state index contributed by atoms with van der Waals surface area (Å²) in [6.45, 7) is 1.91. The molecule has 0 fully saturated rings. The van der Waals surface area contributed by atoms with E-state index in [1.807, 2.05) is 34.9 Å². The van der Waals surface area contributed by atoms with Gasteiger partial charge in [0.25, 0.3) is 10.1 Å². The molecule has 0 bridgehead atoms. The summed E-state index contributed by atoms with van der Waals surface area (Å²) < 4.78 is 37.6. The van der Waals surface area contributed by atoms with Gasteiger partial charge in [0.05, 0.1) is 11.3 Å². The highest BCUT2D eigenvalue weighted by atomic mass is 32.2. The summed E-state index contributed by atoms with van der Waals surface area (Å²) in [4.78, 5) is 0. The van der Waals surface area contributed by atoms with Gasteiger partial charge in [-0.25, -0.2) is 0 Å². The van der Waals surface area contributed by atoms with Gasteiger partial charge in [-0.05, 0) is 12.1 Å². The SMILES string of the molecule is O=S(=O)(O)CCC[N+]1=C(c2ccccc2)OCC1. The second-order valence-electron chi connectivity index (χ2n) is 4.15. The predicted molar refractivity (Wildman–Crippen MR) is 67.5 cm³/mol. The van der Waals surface area contributed by atoms with Crippen LogP contribution in [0.1, 0.15) is 12.0 Å². The zero-order valence-corrected chi connectivity index (χ0v) is 10.8. The van der Waals surface area contributed by atoms with E-state index in [0.717, 1.165) is 18.0 Å². The van der Waals surface area contributed by atoms with Gasteiger partial charge in [0.2, 0.25) is 0 Å². The van der Waals surface area contributed by atoms with Crippen molar-refractivity contribution in [3.63, 3.8) is 0 Å². The first kappa shape index (κ1) is 13.0. The molecule has 0 amide bonds. The maximum atomic E-state index is 10.7. The Balaban J connectivity index is 2.06. The fourth-order valence-corrected chi connectivity index (χ4v) is 2.44. The lowest BCUT2D eigenvalue weighted by molar-refractivity contribution is -0.517. The van der Waals surface area contributed by atoms with Crippen LogP contribution < -0.4 is 0 Å². The van der Waals surface area contributed by atoms with E-state index in [4.69, 9.17) is 9.29 Å². The Kier molecular flexibility index (Phi) is 3.98. The van der Waals surface area contributed by atoms with Gasteiger partial charge in [-0.3, -0.25) is 4.55 Å². The van der Waals surface area contributed by atoms with E-state index >= 15 is 0 Å². The van der Waals surface area contributed by atoms with Crippen LogP contribution in [0.5, 0.6) is 0 Å². The molecule has 0 saturated heterocycles. The van der Waals surface area contributed by atoms with E-state index in [-0.39, 0.29) is 5.75 Å². The smallest absolute Gasteiger partial charge is 0.370 e. The number of nitrogens with zero attached hydrogens (tertiary/aromatic N) is 1. The molecule has 18 heavy (non-hydrogen) atoms. The zero-order chi connectivity index (χ0) is 13.0. The molecule has 1 aliphatic rings. The Morgan fingerprint density at radius 3 is 2.67 bits per heavy atom. The summed E-state index contributed by atoms with van der Waals surface area (Å²) in [6, 6.07) is 9.70. The summed E-state index contributed by atoms with van der Waals surface area (Å²) in [6.07, 6.45) is 0.387. The molecule has 2 rings (SSSR count). The maximum Gasteiger partial charge on any atom is 0.370 e. The van der Waals surface area contributed by atoms with Crippen molar-refractivity contribution in [3.8, 4) is 0 Å². The normalized spacial score (nSPS) is 15.8. The summed E-state index contributed by atoms with van der Waals surface area (Å²) in [5, 5.41) is 0. The van der Waals surface area contributed by atoms with Crippen molar-refractivity contribution in [1.82, 2.24) is 0 Å². The highest BCUT2D eigenvalue weighted by molar-refractivity contribution is 7.85. The third-order valence-corrected chi connectivity index (χ3v) is 3.54. The van der Waals surface area contributed by atoms with Gasteiger partial charge in [0.1, 0.15) is 6.54 Å². The number of hydrogen-bond donors (Lipinski definition) is 1. The third kappa shape index (κ3) is 3.54. The van der Waals surface area contributed by atoms with Crippen molar-refractivity contribution in [3.05, 3.63) is 35.9 Å². The molecule has 0 aliphatic carbocycles. The predicted octanol–water partition coefficient (Wildman–Crippen LogP) is 0.754. The van der Waals surface area contributed by atoms with Crippen molar-refractivity contribution >= 4 is 16.0 Å². The minimum atomic E-state index is -3.87. The minimum Gasteiger partial charge on any atom is -0.438 e. The van der Waals surface area contributed by atoms with Gasteiger partial charge in [-0.1, -0.05) is 18.2 Å². The first-order valence-corrected chi connectivity index (χ1v) is 7.42. The van der Waals surface area contributed by atoms with Crippen molar-refractivity contribution in [2.75, 3.05) is 25.4 Å². The van der Waals surface area contributed by atoms with Gasteiger partial charge in [0.15, 0.2) is 13.2 Å². The van der Waals surface area contributed by atoms with Crippen LogP contribution in [0.15, 0.2) is 30.3 Å². The Morgan fingerprint density at radius 1 is 1.28 bits per heavy atom. The number of hydrogen-bond acceptors (Lipinski definition) is 3. The molecule has 0 radical (unpaired) electrons. The second-order valence-corrected chi connectivity index (χ2v) is 5.72. The van der Waals surface area contributed by atoms with Gasteiger partial charge in [0, 0.05) is 6.42 Å².